The van der Waals surface area contributed by atoms with Crippen LogP contribution in [0.25, 0.3) is 21.8 Å². The number of ether oxygens (including phenoxy) is 1. The number of fused-ring (bicyclic) bond motifs is 2. The highest BCUT2D eigenvalue weighted by Gasteiger charge is 2.10. The van der Waals surface area contributed by atoms with E-state index in [-0.39, 0.29) is 0 Å². The van der Waals surface area contributed by atoms with Crippen LogP contribution in [-0.2, 0) is 4.74 Å². The molecule has 4 rings (SSSR count). The maximum absolute atomic E-state index is 5.16. The number of anilines is 3. The molecule has 3 heterocycles. The van der Waals surface area contributed by atoms with Crippen molar-refractivity contribution >= 4 is 39.1 Å². The second kappa shape index (κ2) is 6.97. The first kappa shape index (κ1) is 16.3. The van der Waals surface area contributed by atoms with Crippen molar-refractivity contribution in [2.24, 2.45) is 0 Å². The van der Waals surface area contributed by atoms with Crippen LogP contribution in [0.1, 0.15) is 0 Å². The maximum Gasteiger partial charge on any atom is 0.161 e. The number of hydrogen-bond acceptors (Lipinski definition) is 6. The number of hydrogen-bond donors (Lipinski definition) is 2. The van der Waals surface area contributed by atoms with Gasteiger partial charge in [-0.2, -0.15) is 5.10 Å². The Morgan fingerprint density at radius 2 is 2.04 bits per heavy atom. The maximum atomic E-state index is 5.16. The van der Waals surface area contributed by atoms with Crippen molar-refractivity contribution in [1.82, 2.24) is 20.2 Å². The molecule has 0 bridgehead atoms. The fourth-order valence-electron chi connectivity index (χ4n) is 2.96. The highest BCUT2D eigenvalue weighted by molar-refractivity contribution is 5.95. The molecule has 0 amide bonds. The van der Waals surface area contributed by atoms with Crippen LogP contribution in [0.15, 0.2) is 48.8 Å². The number of likely N-dealkylation sites (N-methyl/N-ethyl adjacent to an activating group) is 1. The number of nitrogens with one attached hydrogen (secondary N) is 2. The number of H-pyrrole nitrogens is 1. The van der Waals surface area contributed by atoms with Crippen molar-refractivity contribution in [3.8, 4) is 0 Å². The van der Waals surface area contributed by atoms with Gasteiger partial charge in [0.2, 0.25) is 0 Å². The van der Waals surface area contributed by atoms with E-state index < -0.39 is 0 Å². The van der Waals surface area contributed by atoms with Crippen molar-refractivity contribution < 1.29 is 4.74 Å². The first-order valence-electron chi connectivity index (χ1n) is 8.41. The summed E-state index contributed by atoms with van der Waals surface area (Å²) in [4.78, 5) is 10.9. The summed E-state index contributed by atoms with van der Waals surface area (Å²) in [6.07, 6.45) is 3.58. The molecule has 0 atom stereocenters. The Kier molecular flexibility index (Phi) is 4.37. The summed E-state index contributed by atoms with van der Waals surface area (Å²) >= 11 is 0. The minimum absolute atomic E-state index is 0.661. The molecule has 0 saturated heterocycles. The van der Waals surface area contributed by atoms with E-state index in [9.17, 15) is 0 Å². The summed E-state index contributed by atoms with van der Waals surface area (Å²) in [5.74, 6) is 1.71. The summed E-state index contributed by atoms with van der Waals surface area (Å²) in [6, 6.07) is 12.1. The van der Waals surface area contributed by atoms with E-state index >= 15 is 0 Å². The Morgan fingerprint density at radius 3 is 2.92 bits per heavy atom. The number of aromatic nitrogens is 4. The van der Waals surface area contributed by atoms with E-state index in [0.717, 1.165) is 45.7 Å². The van der Waals surface area contributed by atoms with Gasteiger partial charge < -0.3 is 15.0 Å². The quantitative estimate of drug-likeness (QED) is 0.556. The molecule has 0 unspecified atom stereocenters. The van der Waals surface area contributed by atoms with Gasteiger partial charge in [0.05, 0.1) is 12.0 Å². The molecule has 0 fully saturated rings. The van der Waals surface area contributed by atoms with Gasteiger partial charge in [-0.25, -0.2) is 9.97 Å². The lowest BCUT2D eigenvalue weighted by atomic mass is 10.1. The van der Waals surface area contributed by atoms with Crippen LogP contribution < -0.4 is 10.2 Å². The van der Waals surface area contributed by atoms with E-state index in [1.807, 2.05) is 37.5 Å². The van der Waals surface area contributed by atoms with Gasteiger partial charge in [-0.3, -0.25) is 5.10 Å². The topological polar surface area (TPSA) is 79.0 Å². The van der Waals surface area contributed by atoms with Gasteiger partial charge in [0.15, 0.2) is 11.5 Å². The molecule has 2 N–H and O–H groups in total. The number of pyridine rings is 2. The van der Waals surface area contributed by atoms with Crippen LogP contribution in [-0.4, -0.2) is 47.5 Å². The smallest absolute Gasteiger partial charge is 0.161 e. The average Bonchev–Trinajstić information content (AvgIpc) is 3.08. The first-order valence-corrected chi connectivity index (χ1v) is 8.41. The molecule has 26 heavy (non-hydrogen) atoms. The van der Waals surface area contributed by atoms with E-state index in [1.165, 1.54) is 0 Å². The molecule has 1 aromatic carbocycles. The highest BCUT2D eigenvalue weighted by atomic mass is 16.5. The monoisotopic (exact) mass is 348 g/mol. The molecule has 4 aromatic rings. The van der Waals surface area contributed by atoms with Gasteiger partial charge >= 0.3 is 0 Å². The molecule has 0 radical (unpaired) electrons. The number of benzene rings is 1. The Morgan fingerprint density at radius 1 is 1.12 bits per heavy atom. The van der Waals surface area contributed by atoms with Crippen LogP contribution in [0, 0.1) is 0 Å². The zero-order valence-corrected chi connectivity index (χ0v) is 14.7. The minimum Gasteiger partial charge on any atom is -0.383 e. The number of aromatic amines is 1. The van der Waals surface area contributed by atoms with E-state index in [1.54, 1.807) is 13.3 Å². The number of methoxy groups -OCH3 is 1. The molecule has 3 aromatic heterocycles. The van der Waals surface area contributed by atoms with Crippen LogP contribution in [0.2, 0.25) is 0 Å². The lowest BCUT2D eigenvalue weighted by molar-refractivity contribution is 0.206. The fraction of sp³-hybridized carbons (Fsp3) is 0.211. The summed E-state index contributed by atoms with van der Waals surface area (Å²) in [7, 11) is 3.73. The van der Waals surface area contributed by atoms with Crippen molar-refractivity contribution in [3.63, 3.8) is 0 Å². The van der Waals surface area contributed by atoms with Crippen LogP contribution in [0.3, 0.4) is 0 Å². The van der Waals surface area contributed by atoms with Crippen molar-refractivity contribution in [2.75, 3.05) is 37.5 Å². The number of nitrogens with zero attached hydrogens (tertiary/aromatic N) is 4. The molecule has 7 nitrogen and oxygen atoms in total. The Labute approximate surface area is 151 Å². The molecule has 0 aliphatic carbocycles. The molecule has 0 saturated carbocycles. The third-order valence-electron chi connectivity index (χ3n) is 4.33. The largest absolute Gasteiger partial charge is 0.383 e. The van der Waals surface area contributed by atoms with Gasteiger partial charge in [-0.15, -0.1) is 0 Å². The molecule has 0 aliphatic rings. The Bertz CT molecular complexity index is 1040. The molecule has 7 heteroatoms. The highest BCUT2D eigenvalue weighted by Crippen LogP contribution is 2.28. The normalized spacial score (nSPS) is 11.2. The Balaban J connectivity index is 1.66. The van der Waals surface area contributed by atoms with Crippen molar-refractivity contribution in [2.45, 2.75) is 0 Å². The molecular formula is C19H20N6O. The van der Waals surface area contributed by atoms with Crippen molar-refractivity contribution in [3.05, 3.63) is 48.8 Å². The predicted octanol–water partition coefficient (Wildman–Crippen LogP) is 3.33. The van der Waals surface area contributed by atoms with Gasteiger partial charge in [0.25, 0.3) is 0 Å². The van der Waals surface area contributed by atoms with Crippen LogP contribution >= 0.6 is 0 Å². The number of rotatable bonds is 6. The molecular weight excluding hydrogens is 328 g/mol. The lowest BCUT2D eigenvalue weighted by Crippen LogP contribution is -2.23. The molecule has 0 aliphatic heterocycles. The second-order valence-corrected chi connectivity index (χ2v) is 6.08. The molecule has 0 spiro atoms. The summed E-state index contributed by atoms with van der Waals surface area (Å²) in [5.41, 5.74) is 1.73. The standard InChI is InChI=1S/C19H20N6O/c1-25(10-11-26-2)19-15-6-5-14(12-13(15)7-9-21-19)22-18-16-4-3-8-20-17(16)23-24-18/h3-9,12H,10-11H2,1-2H3,(H2,20,22,23,24). The van der Waals surface area contributed by atoms with Crippen LogP contribution in [0.5, 0.6) is 0 Å². The van der Waals surface area contributed by atoms with Crippen LogP contribution in [0.4, 0.5) is 17.3 Å². The van der Waals surface area contributed by atoms with Crippen molar-refractivity contribution in [1.29, 1.82) is 0 Å². The third-order valence-corrected chi connectivity index (χ3v) is 4.33. The first-order chi connectivity index (χ1) is 12.8. The van der Waals surface area contributed by atoms with E-state index in [4.69, 9.17) is 4.74 Å². The van der Waals surface area contributed by atoms with E-state index in [2.05, 4.69) is 42.5 Å². The van der Waals surface area contributed by atoms with Gasteiger partial charge in [0, 0.05) is 44.2 Å². The summed E-state index contributed by atoms with van der Waals surface area (Å²) in [5, 5.41) is 13.8. The lowest BCUT2D eigenvalue weighted by Gasteiger charge is -2.19. The average molecular weight is 348 g/mol. The summed E-state index contributed by atoms with van der Waals surface area (Å²) in [6.45, 7) is 1.45. The third kappa shape index (κ3) is 3.04. The zero-order chi connectivity index (χ0) is 17.9. The Hall–Kier alpha value is -3.19. The zero-order valence-electron chi connectivity index (χ0n) is 14.7. The van der Waals surface area contributed by atoms with Gasteiger partial charge in [-0.1, -0.05) is 0 Å². The van der Waals surface area contributed by atoms with Gasteiger partial charge in [-0.05, 0) is 41.8 Å². The summed E-state index contributed by atoms with van der Waals surface area (Å²) < 4.78 is 5.16. The minimum atomic E-state index is 0.661. The van der Waals surface area contributed by atoms with Gasteiger partial charge in [0.1, 0.15) is 5.82 Å². The second-order valence-electron chi connectivity index (χ2n) is 6.08. The van der Waals surface area contributed by atoms with E-state index in [0.29, 0.717) is 6.61 Å². The fourth-order valence-corrected chi connectivity index (χ4v) is 2.96. The molecule has 132 valence electrons. The SMILES string of the molecule is COCCN(C)c1nccc2cc(Nc3n[nH]c4ncccc34)ccc12. The predicted molar refractivity (Wildman–Crippen MR) is 104 cm³/mol.